The summed E-state index contributed by atoms with van der Waals surface area (Å²) in [5.74, 6) is 0.000222. The minimum atomic E-state index is -0.412. The van der Waals surface area contributed by atoms with Crippen LogP contribution in [0.3, 0.4) is 0 Å². The number of carbonyl (C=O) groups excluding carboxylic acids is 2. The highest BCUT2D eigenvalue weighted by atomic mass is 16.5. The van der Waals surface area contributed by atoms with Gasteiger partial charge in [-0.15, -0.1) is 0 Å². The van der Waals surface area contributed by atoms with E-state index >= 15 is 0 Å². The number of likely N-dealkylation sites (tertiary alicyclic amines) is 1. The Kier molecular flexibility index (Phi) is 6.47. The van der Waals surface area contributed by atoms with Gasteiger partial charge < -0.3 is 15.4 Å². The number of nitrogens with zero attached hydrogens (tertiary/aromatic N) is 2. The highest BCUT2D eigenvalue weighted by Gasteiger charge is 2.52. The SMILES string of the molecule is O=C(NCCCN1CCOCC1)[C@@H]1C[C@]2(CCN(Cc3ccccc3)C2)C(=O)N1. The Balaban J connectivity index is 1.21. The number of benzene rings is 1. The van der Waals surface area contributed by atoms with E-state index in [0.29, 0.717) is 13.0 Å². The fourth-order valence-electron chi connectivity index (χ4n) is 4.75. The number of nitrogens with one attached hydrogen (secondary N) is 2. The molecule has 3 aliphatic heterocycles. The summed E-state index contributed by atoms with van der Waals surface area (Å²) in [5, 5.41) is 5.97. The molecule has 4 rings (SSSR count). The minimum Gasteiger partial charge on any atom is -0.379 e. The Morgan fingerprint density at radius 3 is 2.76 bits per heavy atom. The van der Waals surface area contributed by atoms with Gasteiger partial charge in [0.2, 0.25) is 11.8 Å². The van der Waals surface area contributed by atoms with Gasteiger partial charge in [0.1, 0.15) is 6.04 Å². The van der Waals surface area contributed by atoms with Crippen molar-refractivity contribution in [3.63, 3.8) is 0 Å². The average molecular weight is 401 g/mol. The molecular formula is C22H32N4O3. The van der Waals surface area contributed by atoms with E-state index in [1.165, 1.54) is 5.56 Å². The lowest BCUT2D eigenvalue weighted by molar-refractivity contribution is -0.128. The van der Waals surface area contributed by atoms with Crippen molar-refractivity contribution in [1.29, 1.82) is 0 Å². The molecule has 2 N–H and O–H groups in total. The van der Waals surface area contributed by atoms with Crippen molar-refractivity contribution in [1.82, 2.24) is 20.4 Å². The fourth-order valence-corrected chi connectivity index (χ4v) is 4.75. The average Bonchev–Trinajstić information content (AvgIpc) is 3.30. The third-order valence-electron chi connectivity index (χ3n) is 6.43. The molecule has 1 aromatic carbocycles. The summed E-state index contributed by atoms with van der Waals surface area (Å²) < 4.78 is 5.35. The quantitative estimate of drug-likeness (QED) is 0.656. The van der Waals surface area contributed by atoms with Crippen molar-refractivity contribution in [3.8, 4) is 0 Å². The third kappa shape index (κ3) is 4.97. The lowest BCUT2D eigenvalue weighted by Crippen LogP contribution is -2.43. The van der Waals surface area contributed by atoms with E-state index in [1.807, 2.05) is 18.2 Å². The van der Waals surface area contributed by atoms with Gasteiger partial charge in [-0.3, -0.25) is 19.4 Å². The maximum absolute atomic E-state index is 12.7. The van der Waals surface area contributed by atoms with Gasteiger partial charge in [-0.1, -0.05) is 30.3 Å². The van der Waals surface area contributed by atoms with Crippen LogP contribution in [0.1, 0.15) is 24.8 Å². The molecule has 7 heteroatoms. The lowest BCUT2D eigenvalue weighted by Gasteiger charge is -2.26. The highest BCUT2D eigenvalue weighted by Crippen LogP contribution is 2.40. The van der Waals surface area contributed by atoms with Gasteiger partial charge in [-0.05, 0) is 37.9 Å². The van der Waals surface area contributed by atoms with Crippen LogP contribution >= 0.6 is 0 Å². The van der Waals surface area contributed by atoms with Gasteiger partial charge >= 0.3 is 0 Å². The van der Waals surface area contributed by atoms with Crippen LogP contribution < -0.4 is 10.6 Å². The van der Waals surface area contributed by atoms with Crippen LogP contribution in [0.15, 0.2) is 30.3 Å². The molecule has 0 bridgehead atoms. The molecule has 1 spiro atoms. The van der Waals surface area contributed by atoms with Gasteiger partial charge in [0, 0.05) is 32.7 Å². The van der Waals surface area contributed by atoms with E-state index in [1.54, 1.807) is 0 Å². The molecule has 2 amide bonds. The molecule has 3 saturated heterocycles. The van der Waals surface area contributed by atoms with Crippen LogP contribution in [0.5, 0.6) is 0 Å². The zero-order chi connectivity index (χ0) is 20.1. The summed E-state index contributed by atoms with van der Waals surface area (Å²) in [6, 6.07) is 9.94. The van der Waals surface area contributed by atoms with Crippen LogP contribution in [-0.2, 0) is 20.9 Å². The maximum atomic E-state index is 12.7. The standard InChI is InChI=1S/C22H32N4O3/c27-20(23-8-4-9-25-11-13-29-14-12-25)19-15-22(21(28)24-19)7-10-26(17-22)16-18-5-2-1-3-6-18/h1-3,5-6,19H,4,7-17H2,(H,23,27)(H,24,28)/t19-,22-/m0/s1. The number of rotatable bonds is 7. The molecule has 3 heterocycles. The second-order valence-electron chi connectivity index (χ2n) is 8.56. The Morgan fingerprint density at radius 1 is 1.17 bits per heavy atom. The van der Waals surface area contributed by atoms with Gasteiger partial charge in [0.25, 0.3) is 0 Å². The first kappa shape index (κ1) is 20.3. The van der Waals surface area contributed by atoms with Gasteiger partial charge in [-0.2, -0.15) is 0 Å². The summed E-state index contributed by atoms with van der Waals surface area (Å²) in [5.41, 5.74) is 0.849. The first-order chi connectivity index (χ1) is 14.1. The fraction of sp³-hybridized carbons (Fsp3) is 0.636. The van der Waals surface area contributed by atoms with E-state index in [0.717, 1.165) is 65.3 Å². The van der Waals surface area contributed by atoms with E-state index in [-0.39, 0.29) is 11.8 Å². The number of ether oxygens (including phenoxy) is 1. The summed E-state index contributed by atoms with van der Waals surface area (Å²) in [7, 11) is 0. The van der Waals surface area contributed by atoms with E-state index < -0.39 is 11.5 Å². The summed E-state index contributed by atoms with van der Waals surface area (Å²) in [4.78, 5) is 30.0. The molecule has 0 radical (unpaired) electrons. The van der Waals surface area contributed by atoms with Gasteiger partial charge in [0.05, 0.1) is 18.6 Å². The lowest BCUT2D eigenvalue weighted by atomic mass is 9.84. The van der Waals surface area contributed by atoms with Gasteiger partial charge in [0.15, 0.2) is 0 Å². The number of amides is 2. The second kappa shape index (κ2) is 9.24. The Hall–Kier alpha value is -1.96. The number of hydrogen-bond acceptors (Lipinski definition) is 5. The van der Waals surface area contributed by atoms with Crippen LogP contribution in [0.25, 0.3) is 0 Å². The molecule has 0 unspecified atom stereocenters. The Labute approximate surface area is 172 Å². The first-order valence-corrected chi connectivity index (χ1v) is 10.8. The van der Waals surface area contributed by atoms with Crippen LogP contribution in [0, 0.1) is 5.41 Å². The molecule has 0 aliphatic carbocycles. The van der Waals surface area contributed by atoms with Crippen molar-refractivity contribution in [2.24, 2.45) is 5.41 Å². The van der Waals surface area contributed by atoms with Crippen LogP contribution in [0.4, 0.5) is 0 Å². The van der Waals surface area contributed by atoms with E-state index in [2.05, 4.69) is 32.6 Å². The predicted molar refractivity (Wildman–Crippen MR) is 110 cm³/mol. The molecular weight excluding hydrogens is 368 g/mol. The molecule has 0 saturated carbocycles. The van der Waals surface area contributed by atoms with Crippen molar-refractivity contribution in [2.75, 3.05) is 52.5 Å². The maximum Gasteiger partial charge on any atom is 0.242 e. The molecule has 1 aromatic rings. The largest absolute Gasteiger partial charge is 0.379 e. The van der Waals surface area contributed by atoms with Crippen molar-refractivity contribution < 1.29 is 14.3 Å². The monoisotopic (exact) mass is 400 g/mol. The molecule has 0 aromatic heterocycles. The van der Waals surface area contributed by atoms with E-state index in [4.69, 9.17) is 4.74 Å². The summed E-state index contributed by atoms with van der Waals surface area (Å²) in [6.45, 7) is 7.63. The Morgan fingerprint density at radius 2 is 1.97 bits per heavy atom. The molecule has 3 fully saturated rings. The van der Waals surface area contributed by atoms with Gasteiger partial charge in [-0.25, -0.2) is 0 Å². The Bertz CT molecular complexity index is 707. The van der Waals surface area contributed by atoms with Crippen molar-refractivity contribution in [2.45, 2.75) is 31.8 Å². The smallest absolute Gasteiger partial charge is 0.242 e. The number of hydrogen-bond donors (Lipinski definition) is 2. The topological polar surface area (TPSA) is 73.9 Å². The second-order valence-corrected chi connectivity index (χ2v) is 8.56. The zero-order valence-corrected chi connectivity index (χ0v) is 17.1. The third-order valence-corrected chi connectivity index (χ3v) is 6.43. The zero-order valence-electron chi connectivity index (χ0n) is 17.1. The highest BCUT2D eigenvalue weighted by molar-refractivity contribution is 5.94. The summed E-state index contributed by atoms with van der Waals surface area (Å²) >= 11 is 0. The molecule has 7 nitrogen and oxygen atoms in total. The minimum absolute atomic E-state index is 0.0429. The summed E-state index contributed by atoms with van der Waals surface area (Å²) in [6.07, 6.45) is 2.35. The van der Waals surface area contributed by atoms with E-state index in [9.17, 15) is 9.59 Å². The molecule has 29 heavy (non-hydrogen) atoms. The molecule has 3 aliphatic rings. The molecule has 2 atom stereocenters. The predicted octanol–water partition coefficient (Wildman–Crippen LogP) is 0.606. The first-order valence-electron chi connectivity index (χ1n) is 10.8. The van der Waals surface area contributed by atoms with Crippen LogP contribution in [0.2, 0.25) is 0 Å². The van der Waals surface area contributed by atoms with Crippen molar-refractivity contribution in [3.05, 3.63) is 35.9 Å². The normalized spacial score (nSPS) is 28.0. The molecule has 158 valence electrons. The van der Waals surface area contributed by atoms with Crippen molar-refractivity contribution >= 4 is 11.8 Å². The number of morpholine rings is 1. The van der Waals surface area contributed by atoms with Crippen LogP contribution in [-0.4, -0.2) is 80.1 Å². The number of carbonyl (C=O) groups is 2.